The summed E-state index contributed by atoms with van der Waals surface area (Å²) in [7, 11) is 1.61. The van der Waals surface area contributed by atoms with Gasteiger partial charge in [0.15, 0.2) is 0 Å². The number of H-pyrrole nitrogens is 1. The fraction of sp³-hybridized carbons (Fsp3) is 0.261. The van der Waals surface area contributed by atoms with Crippen molar-refractivity contribution in [1.29, 1.82) is 0 Å². The zero-order valence-corrected chi connectivity index (χ0v) is 16.6. The van der Waals surface area contributed by atoms with Crippen LogP contribution in [0.15, 0.2) is 60.8 Å². The molecule has 29 heavy (non-hydrogen) atoms. The summed E-state index contributed by atoms with van der Waals surface area (Å²) in [6.07, 6.45) is 8.15. The number of aromatic hydroxyl groups is 1. The quantitative estimate of drug-likeness (QED) is 0.310. The van der Waals surface area contributed by atoms with Crippen LogP contribution in [0.1, 0.15) is 18.4 Å². The van der Waals surface area contributed by atoms with Gasteiger partial charge in [-0.25, -0.2) is 0 Å². The number of ether oxygens (including phenoxy) is 1. The Kier molecular flexibility index (Phi) is 7.30. The Balaban J connectivity index is 1.30. The molecule has 0 saturated carbocycles. The standard InChI is InChI=1S/C23H27N3O3/c1-29-20-9-6-18(7-10-20)26-23(28)5-3-2-4-13-24-14-12-17-16-25-22-11-8-19(27)15-21(17)22/h3,5-11,15-16,24-25,27H,2,4,12-14H2,1H3,(H,26,28)/b5-3+. The molecule has 0 bridgehead atoms. The summed E-state index contributed by atoms with van der Waals surface area (Å²) < 4.78 is 5.09. The molecule has 0 spiro atoms. The van der Waals surface area contributed by atoms with Gasteiger partial charge in [-0.1, -0.05) is 6.08 Å². The van der Waals surface area contributed by atoms with Crippen LogP contribution in [0.3, 0.4) is 0 Å². The van der Waals surface area contributed by atoms with Crippen molar-refractivity contribution in [2.75, 3.05) is 25.5 Å². The van der Waals surface area contributed by atoms with Crippen molar-refractivity contribution < 1.29 is 14.6 Å². The van der Waals surface area contributed by atoms with E-state index < -0.39 is 0 Å². The van der Waals surface area contributed by atoms with E-state index in [9.17, 15) is 9.90 Å². The van der Waals surface area contributed by atoms with Crippen LogP contribution >= 0.6 is 0 Å². The van der Waals surface area contributed by atoms with Gasteiger partial charge < -0.3 is 25.5 Å². The molecular formula is C23H27N3O3. The van der Waals surface area contributed by atoms with Gasteiger partial charge in [0, 0.05) is 22.8 Å². The normalized spacial score (nSPS) is 11.2. The highest BCUT2D eigenvalue weighted by Gasteiger charge is 2.04. The zero-order chi connectivity index (χ0) is 20.5. The Morgan fingerprint density at radius 2 is 2.00 bits per heavy atom. The highest BCUT2D eigenvalue weighted by atomic mass is 16.5. The van der Waals surface area contributed by atoms with Crippen LogP contribution in [-0.2, 0) is 11.2 Å². The first kappa shape index (κ1) is 20.5. The van der Waals surface area contributed by atoms with Crippen LogP contribution in [-0.4, -0.2) is 36.2 Å². The van der Waals surface area contributed by atoms with E-state index in [2.05, 4.69) is 15.6 Å². The first-order valence-corrected chi connectivity index (χ1v) is 9.77. The second-order valence-corrected chi connectivity index (χ2v) is 6.81. The molecule has 0 radical (unpaired) electrons. The molecule has 1 amide bonds. The van der Waals surface area contributed by atoms with Crippen molar-refractivity contribution in [1.82, 2.24) is 10.3 Å². The fourth-order valence-corrected chi connectivity index (χ4v) is 3.11. The van der Waals surface area contributed by atoms with Crippen LogP contribution in [0, 0.1) is 0 Å². The molecule has 2 aromatic carbocycles. The third-order valence-corrected chi connectivity index (χ3v) is 4.67. The summed E-state index contributed by atoms with van der Waals surface area (Å²) in [5.74, 6) is 0.911. The Hall–Kier alpha value is -3.25. The fourth-order valence-electron chi connectivity index (χ4n) is 3.11. The summed E-state index contributed by atoms with van der Waals surface area (Å²) >= 11 is 0. The number of aromatic amines is 1. The van der Waals surface area contributed by atoms with E-state index in [0.29, 0.717) is 0 Å². The Labute approximate surface area is 170 Å². The lowest BCUT2D eigenvalue weighted by molar-refractivity contribution is -0.111. The Bertz CT molecular complexity index is 961. The number of phenolic OH excluding ortho intramolecular Hbond substituents is 1. The minimum absolute atomic E-state index is 0.134. The van der Waals surface area contributed by atoms with Crippen LogP contribution in [0.5, 0.6) is 11.5 Å². The number of rotatable bonds is 10. The number of phenols is 1. The zero-order valence-electron chi connectivity index (χ0n) is 16.6. The number of anilines is 1. The maximum Gasteiger partial charge on any atom is 0.248 e. The van der Waals surface area contributed by atoms with Crippen molar-refractivity contribution >= 4 is 22.5 Å². The van der Waals surface area contributed by atoms with E-state index in [4.69, 9.17) is 4.74 Å². The predicted octanol–water partition coefficient (Wildman–Crippen LogP) is 3.99. The summed E-state index contributed by atoms with van der Waals surface area (Å²) in [4.78, 5) is 15.1. The number of hydrogen-bond donors (Lipinski definition) is 4. The number of allylic oxidation sites excluding steroid dienone is 1. The van der Waals surface area contributed by atoms with E-state index in [0.717, 1.165) is 54.7 Å². The van der Waals surface area contributed by atoms with Gasteiger partial charge >= 0.3 is 0 Å². The third-order valence-electron chi connectivity index (χ3n) is 4.67. The molecule has 3 aromatic rings. The molecule has 6 nitrogen and oxygen atoms in total. The number of amides is 1. The van der Waals surface area contributed by atoms with Crippen LogP contribution in [0.2, 0.25) is 0 Å². The lowest BCUT2D eigenvalue weighted by Crippen LogP contribution is -2.18. The van der Waals surface area contributed by atoms with Crippen LogP contribution in [0.25, 0.3) is 10.9 Å². The second-order valence-electron chi connectivity index (χ2n) is 6.81. The third kappa shape index (κ3) is 6.12. The SMILES string of the molecule is COc1ccc(NC(=O)/C=C/CCCNCCc2c[nH]c3ccc(O)cc23)cc1. The van der Waals surface area contributed by atoms with Gasteiger partial charge in [-0.3, -0.25) is 4.79 Å². The molecule has 0 aliphatic heterocycles. The number of hydrogen-bond acceptors (Lipinski definition) is 4. The van der Waals surface area contributed by atoms with Gasteiger partial charge in [0.1, 0.15) is 11.5 Å². The molecular weight excluding hydrogens is 366 g/mol. The van der Waals surface area contributed by atoms with Gasteiger partial charge in [0.2, 0.25) is 5.91 Å². The second kappa shape index (κ2) is 10.3. The monoisotopic (exact) mass is 393 g/mol. The summed E-state index contributed by atoms with van der Waals surface area (Å²) in [6.45, 7) is 1.75. The lowest BCUT2D eigenvalue weighted by Gasteiger charge is -2.04. The summed E-state index contributed by atoms with van der Waals surface area (Å²) in [5, 5.41) is 16.9. The maximum atomic E-state index is 11.9. The van der Waals surface area contributed by atoms with Crippen LogP contribution < -0.4 is 15.4 Å². The molecule has 0 saturated heterocycles. The summed E-state index contributed by atoms with van der Waals surface area (Å²) in [6, 6.07) is 12.6. The smallest absolute Gasteiger partial charge is 0.248 e. The number of nitrogens with one attached hydrogen (secondary N) is 3. The van der Waals surface area contributed by atoms with Gasteiger partial charge in [0.05, 0.1) is 7.11 Å². The average molecular weight is 393 g/mol. The van der Waals surface area contributed by atoms with Crippen molar-refractivity contribution in [2.45, 2.75) is 19.3 Å². The van der Waals surface area contributed by atoms with Gasteiger partial charge in [-0.15, -0.1) is 0 Å². The highest BCUT2D eigenvalue weighted by molar-refractivity contribution is 5.99. The number of fused-ring (bicyclic) bond motifs is 1. The topological polar surface area (TPSA) is 86.4 Å². The molecule has 0 fully saturated rings. The Morgan fingerprint density at radius 3 is 2.79 bits per heavy atom. The molecule has 3 rings (SSSR count). The van der Waals surface area contributed by atoms with E-state index in [-0.39, 0.29) is 11.7 Å². The predicted molar refractivity (Wildman–Crippen MR) is 117 cm³/mol. The molecule has 0 unspecified atom stereocenters. The van der Waals surface area contributed by atoms with E-state index in [1.165, 1.54) is 5.56 Å². The molecule has 0 aliphatic rings. The van der Waals surface area contributed by atoms with E-state index in [1.54, 1.807) is 25.3 Å². The number of methoxy groups -OCH3 is 1. The number of carbonyl (C=O) groups excluding carboxylic acids is 1. The first-order chi connectivity index (χ1) is 14.2. The van der Waals surface area contributed by atoms with Crippen molar-refractivity contribution in [2.24, 2.45) is 0 Å². The molecule has 1 aromatic heterocycles. The average Bonchev–Trinajstić information content (AvgIpc) is 3.12. The van der Waals surface area contributed by atoms with Crippen molar-refractivity contribution in [3.05, 3.63) is 66.4 Å². The first-order valence-electron chi connectivity index (χ1n) is 9.77. The van der Waals surface area contributed by atoms with Crippen molar-refractivity contribution in [3.63, 3.8) is 0 Å². The molecule has 0 aliphatic carbocycles. The highest BCUT2D eigenvalue weighted by Crippen LogP contribution is 2.23. The van der Waals surface area contributed by atoms with Gasteiger partial charge in [0.25, 0.3) is 0 Å². The van der Waals surface area contributed by atoms with E-state index >= 15 is 0 Å². The molecule has 4 N–H and O–H groups in total. The molecule has 0 atom stereocenters. The van der Waals surface area contributed by atoms with Crippen LogP contribution in [0.4, 0.5) is 5.69 Å². The number of aromatic nitrogens is 1. The van der Waals surface area contributed by atoms with Gasteiger partial charge in [-0.05, 0) is 86.5 Å². The number of benzene rings is 2. The largest absolute Gasteiger partial charge is 0.508 e. The summed E-state index contributed by atoms with van der Waals surface area (Å²) in [5.41, 5.74) is 2.97. The van der Waals surface area contributed by atoms with Gasteiger partial charge in [-0.2, -0.15) is 0 Å². The maximum absolute atomic E-state index is 11.9. The van der Waals surface area contributed by atoms with Crippen molar-refractivity contribution in [3.8, 4) is 11.5 Å². The minimum Gasteiger partial charge on any atom is -0.508 e. The number of unbranched alkanes of at least 4 members (excludes halogenated alkanes) is 1. The molecule has 6 heteroatoms. The molecule has 152 valence electrons. The van der Waals surface area contributed by atoms with E-state index in [1.807, 2.05) is 42.6 Å². The number of carbonyl (C=O) groups is 1. The lowest BCUT2D eigenvalue weighted by atomic mass is 10.1. The Morgan fingerprint density at radius 1 is 1.17 bits per heavy atom. The molecule has 1 heterocycles. The minimum atomic E-state index is -0.134.